The Morgan fingerprint density at radius 2 is 1.50 bits per heavy atom. The van der Waals surface area contributed by atoms with Crippen molar-refractivity contribution in [3.05, 3.63) is 44.9 Å². The number of hydrogen-bond acceptors (Lipinski definition) is 2. The Bertz CT molecular complexity index is 607. The van der Waals surface area contributed by atoms with Crippen LogP contribution in [0.3, 0.4) is 0 Å². The first-order valence-corrected chi connectivity index (χ1v) is 6.86. The van der Waals surface area contributed by atoms with Crippen molar-refractivity contribution in [3.63, 3.8) is 0 Å². The lowest BCUT2D eigenvalue weighted by Gasteiger charge is -2.10. The Hall–Kier alpha value is -0.850. The zero-order valence-corrected chi connectivity index (χ0v) is 12.8. The molecule has 0 bridgehead atoms. The van der Waals surface area contributed by atoms with Crippen LogP contribution in [0, 0.1) is 0 Å². The van der Waals surface area contributed by atoms with Crippen LogP contribution in [0.5, 0.6) is 0 Å². The maximum atomic E-state index is 12.3. The van der Waals surface area contributed by atoms with Crippen molar-refractivity contribution in [2.24, 2.45) is 0 Å². The maximum absolute atomic E-state index is 12.3. The molecule has 8 heteroatoms. The van der Waals surface area contributed by atoms with Gasteiger partial charge in [0.05, 0.1) is 5.56 Å². The normalized spacial score (nSPS) is 11.7. The Labute approximate surface area is 131 Å². The molecule has 0 amide bonds. The molecule has 2 nitrogen and oxygen atoms in total. The van der Waals surface area contributed by atoms with Gasteiger partial charge in [-0.15, -0.1) is 0 Å². The predicted molar refractivity (Wildman–Crippen MR) is 74.9 cm³/mol. The topological polar surface area (TPSA) is 25.8 Å². The Morgan fingerprint density at radius 1 is 1.00 bits per heavy atom. The number of halogens is 6. The average Bonchev–Trinajstić information content (AvgIpc) is 2.28. The minimum Gasteiger partial charge on any atom is -0.220 e. The Balaban J connectivity index is 2.43. The lowest BCUT2D eigenvalue weighted by molar-refractivity contribution is -0.128. The van der Waals surface area contributed by atoms with E-state index in [1.54, 1.807) is 24.3 Å². The summed E-state index contributed by atoms with van der Waals surface area (Å²) in [5, 5.41) is -0.210. The molecule has 106 valence electrons. The molecule has 0 aliphatic carbocycles. The molecule has 0 saturated heterocycles. The molecule has 1 heterocycles. The highest BCUT2D eigenvalue weighted by Gasteiger charge is 2.30. The van der Waals surface area contributed by atoms with E-state index in [0.29, 0.717) is 11.1 Å². The predicted octanol–water partition coefficient (Wildman–Crippen LogP) is 5.32. The quantitative estimate of drug-likeness (QED) is 0.654. The summed E-state index contributed by atoms with van der Waals surface area (Å²) in [4.78, 5) is 7.31. The van der Waals surface area contributed by atoms with Gasteiger partial charge < -0.3 is 0 Å². The Morgan fingerprint density at radius 3 is 1.95 bits per heavy atom. The van der Waals surface area contributed by atoms with E-state index in [1.165, 1.54) is 0 Å². The highest BCUT2D eigenvalue weighted by Crippen LogP contribution is 2.33. The number of alkyl halides is 3. The zero-order valence-electron chi connectivity index (χ0n) is 9.68. The van der Waals surface area contributed by atoms with Crippen molar-refractivity contribution in [3.8, 4) is 11.1 Å². The van der Waals surface area contributed by atoms with Crippen LogP contribution in [-0.4, -0.2) is 16.1 Å². The first-order chi connectivity index (χ1) is 9.26. The van der Waals surface area contributed by atoms with Crippen LogP contribution in [-0.2, 0) is 6.42 Å². The summed E-state index contributed by atoms with van der Waals surface area (Å²) in [6.07, 6.45) is -5.68. The van der Waals surface area contributed by atoms with Gasteiger partial charge in [0.1, 0.15) is 22.6 Å². The summed E-state index contributed by atoms with van der Waals surface area (Å²) in [5.74, 6) is -0.451. The molecule has 20 heavy (non-hydrogen) atoms. The molecule has 0 radical (unpaired) electrons. The van der Waals surface area contributed by atoms with Crippen molar-refractivity contribution in [2.75, 3.05) is 0 Å². The van der Waals surface area contributed by atoms with Crippen LogP contribution in [0.1, 0.15) is 5.82 Å². The van der Waals surface area contributed by atoms with Gasteiger partial charge in [0.2, 0.25) is 0 Å². The van der Waals surface area contributed by atoms with Gasteiger partial charge in [-0.05, 0) is 17.7 Å². The van der Waals surface area contributed by atoms with Gasteiger partial charge in [-0.1, -0.05) is 51.3 Å². The summed E-state index contributed by atoms with van der Waals surface area (Å²) in [7, 11) is 0. The second kappa shape index (κ2) is 5.87. The maximum Gasteiger partial charge on any atom is 0.396 e. The van der Waals surface area contributed by atoms with Crippen LogP contribution in [0.15, 0.2) is 28.7 Å². The third-order valence-corrected chi connectivity index (χ3v) is 3.43. The van der Waals surface area contributed by atoms with E-state index in [2.05, 4.69) is 25.9 Å². The van der Waals surface area contributed by atoms with Gasteiger partial charge in [0.15, 0.2) is 0 Å². The van der Waals surface area contributed by atoms with E-state index in [0.717, 1.165) is 4.47 Å². The first-order valence-electron chi connectivity index (χ1n) is 5.31. The summed E-state index contributed by atoms with van der Waals surface area (Å²) < 4.78 is 37.8. The van der Waals surface area contributed by atoms with Crippen LogP contribution in [0.4, 0.5) is 13.2 Å². The molecule has 2 rings (SSSR count). The summed E-state index contributed by atoms with van der Waals surface area (Å²) in [6, 6.07) is 6.94. The van der Waals surface area contributed by atoms with Gasteiger partial charge in [0, 0.05) is 4.47 Å². The lowest BCUT2D eigenvalue weighted by atomic mass is 10.1. The number of rotatable bonds is 2. The van der Waals surface area contributed by atoms with Crippen molar-refractivity contribution in [1.29, 1.82) is 0 Å². The van der Waals surface area contributed by atoms with Gasteiger partial charge in [0.25, 0.3) is 0 Å². The average molecular weight is 386 g/mol. The molecule has 0 aliphatic heterocycles. The van der Waals surface area contributed by atoms with E-state index in [-0.39, 0.29) is 10.3 Å². The zero-order chi connectivity index (χ0) is 14.9. The monoisotopic (exact) mass is 384 g/mol. The SMILES string of the molecule is FC(F)(F)Cc1nc(Cl)c(-c2ccc(Br)cc2)c(Cl)n1. The van der Waals surface area contributed by atoms with E-state index >= 15 is 0 Å². The first kappa shape index (κ1) is 15.5. The number of aromatic nitrogens is 2. The molecule has 0 N–H and O–H groups in total. The minimum absolute atomic E-state index is 0.105. The molecular formula is C12H6BrCl2F3N2. The van der Waals surface area contributed by atoms with Crippen molar-refractivity contribution < 1.29 is 13.2 Å². The Kier molecular flexibility index (Phi) is 4.56. The van der Waals surface area contributed by atoms with Crippen molar-refractivity contribution >= 4 is 39.1 Å². The molecule has 1 aromatic heterocycles. The fraction of sp³-hybridized carbons (Fsp3) is 0.167. The molecule has 0 saturated carbocycles. The minimum atomic E-state index is -4.41. The van der Waals surface area contributed by atoms with Crippen molar-refractivity contribution in [2.45, 2.75) is 12.6 Å². The molecule has 0 aliphatic rings. The van der Waals surface area contributed by atoms with E-state index < -0.39 is 18.4 Å². The van der Waals surface area contributed by atoms with Crippen LogP contribution in [0.2, 0.25) is 10.3 Å². The summed E-state index contributed by atoms with van der Waals surface area (Å²) >= 11 is 15.1. The van der Waals surface area contributed by atoms with Gasteiger partial charge in [-0.3, -0.25) is 0 Å². The second-order valence-electron chi connectivity index (χ2n) is 3.90. The van der Waals surface area contributed by atoms with Gasteiger partial charge in [-0.25, -0.2) is 9.97 Å². The third-order valence-electron chi connectivity index (χ3n) is 2.36. The van der Waals surface area contributed by atoms with Crippen LogP contribution in [0.25, 0.3) is 11.1 Å². The fourth-order valence-corrected chi connectivity index (χ4v) is 2.47. The van der Waals surface area contributed by atoms with Crippen LogP contribution < -0.4 is 0 Å². The van der Waals surface area contributed by atoms with Crippen LogP contribution >= 0.6 is 39.1 Å². The van der Waals surface area contributed by atoms with E-state index in [9.17, 15) is 13.2 Å². The lowest BCUT2D eigenvalue weighted by Crippen LogP contribution is -2.14. The summed E-state index contributed by atoms with van der Waals surface area (Å²) in [5.41, 5.74) is 0.938. The molecule has 0 unspecified atom stereocenters. The number of nitrogens with zero attached hydrogens (tertiary/aromatic N) is 2. The van der Waals surface area contributed by atoms with Crippen molar-refractivity contribution in [1.82, 2.24) is 9.97 Å². The molecule has 2 aromatic rings. The van der Waals surface area contributed by atoms with E-state index in [4.69, 9.17) is 23.2 Å². The number of hydrogen-bond donors (Lipinski definition) is 0. The summed E-state index contributed by atoms with van der Waals surface area (Å²) in [6.45, 7) is 0. The highest BCUT2D eigenvalue weighted by molar-refractivity contribution is 9.10. The van der Waals surface area contributed by atoms with E-state index in [1.807, 2.05) is 0 Å². The molecule has 0 atom stereocenters. The standard InChI is InChI=1S/C12H6BrCl2F3N2/c13-7-3-1-6(2-4-7)9-10(14)19-8(20-11(9)15)5-12(16,17)18/h1-4H,5H2. The third kappa shape index (κ3) is 3.84. The molecule has 0 spiro atoms. The molecule has 1 aromatic carbocycles. The van der Waals surface area contributed by atoms with Gasteiger partial charge >= 0.3 is 6.18 Å². The largest absolute Gasteiger partial charge is 0.396 e. The van der Waals surface area contributed by atoms with Gasteiger partial charge in [-0.2, -0.15) is 13.2 Å². The fourth-order valence-electron chi connectivity index (χ4n) is 1.56. The molecule has 0 fully saturated rings. The second-order valence-corrected chi connectivity index (χ2v) is 5.53. The number of benzene rings is 1. The highest BCUT2D eigenvalue weighted by atomic mass is 79.9. The smallest absolute Gasteiger partial charge is 0.220 e. The molecular weight excluding hydrogens is 380 g/mol.